The van der Waals surface area contributed by atoms with E-state index in [-0.39, 0.29) is 24.1 Å². The average Bonchev–Trinajstić information content (AvgIpc) is 3.09. The van der Waals surface area contributed by atoms with Gasteiger partial charge in [-0.25, -0.2) is 0 Å². The van der Waals surface area contributed by atoms with Crippen LogP contribution in [0.25, 0.3) is 0 Å². The number of hydrogen-bond donors (Lipinski definition) is 3. The molecule has 0 spiro atoms. The number of carbonyl (C=O) groups is 3. The maximum absolute atomic E-state index is 12.8. The van der Waals surface area contributed by atoms with E-state index < -0.39 is 6.04 Å². The van der Waals surface area contributed by atoms with Gasteiger partial charge in [-0.15, -0.1) is 0 Å². The topological polar surface area (TPSA) is 90.5 Å². The Bertz CT molecular complexity index is 887. The third kappa shape index (κ3) is 3.89. The average molecular weight is 425 g/mol. The normalized spacial score (nSPS) is 30.7. The van der Waals surface area contributed by atoms with E-state index in [4.69, 9.17) is 0 Å². The molecule has 1 aromatic carbocycles. The summed E-state index contributed by atoms with van der Waals surface area (Å²) in [5.74, 6) is -0.727. The predicted molar refractivity (Wildman–Crippen MR) is 116 cm³/mol. The van der Waals surface area contributed by atoms with Crippen molar-refractivity contribution in [1.29, 1.82) is 0 Å². The molecule has 1 aliphatic carbocycles. The molecule has 7 heteroatoms. The van der Waals surface area contributed by atoms with E-state index in [1.807, 2.05) is 12.1 Å². The van der Waals surface area contributed by atoms with Crippen LogP contribution in [0.5, 0.6) is 0 Å². The van der Waals surface area contributed by atoms with Crippen molar-refractivity contribution < 1.29 is 14.4 Å². The fourth-order valence-corrected chi connectivity index (χ4v) is 6.13. The number of fused-ring (bicyclic) bond motifs is 2. The smallest absolute Gasteiger partial charge is 0.255 e. The Morgan fingerprint density at radius 1 is 1.10 bits per heavy atom. The molecule has 1 unspecified atom stereocenters. The van der Waals surface area contributed by atoms with Crippen LogP contribution in [0.1, 0.15) is 72.9 Å². The second-order valence-electron chi connectivity index (χ2n) is 9.71. The number of amides is 3. The molecule has 166 valence electrons. The molecule has 31 heavy (non-hydrogen) atoms. The van der Waals surface area contributed by atoms with Gasteiger partial charge < -0.3 is 15.5 Å². The summed E-state index contributed by atoms with van der Waals surface area (Å²) in [5, 5.41) is 9.82. The van der Waals surface area contributed by atoms with Gasteiger partial charge in [-0.3, -0.25) is 19.7 Å². The molecular weight excluding hydrogens is 392 g/mol. The molecule has 0 aromatic heterocycles. The van der Waals surface area contributed by atoms with Crippen LogP contribution in [-0.4, -0.2) is 47.8 Å². The summed E-state index contributed by atoms with van der Waals surface area (Å²) < 4.78 is 0. The van der Waals surface area contributed by atoms with E-state index in [0.717, 1.165) is 25.2 Å². The Kier molecular flexibility index (Phi) is 5.56. The molecule has 3 heterocycles. The van der Waals surface area contributed by atoms with Gasteiger partial charge in [-0.1, -0.05) is 25.0 Å². The van der Waals surface area contributed by atoms with Crippen molar-refractivity contribution in [3.05, 3.63) is 34.9 Å². The van der Waals surface area contributed by atoms with Gasteiger partial charge in [0.15, 0.2) is 0 Å². The summed E-state index contributed by atoms with van der Waals surface area (Å²) in [4.78, 5) is 38.1. The molecule has 3 fully saturated rings. The fourth-order valence-electron chi connectivity index (χ4n) is 6.13. The number of hydrogen-bond acceptors (Lipinski definition) is 5. The van der Waals surface area contributed by atoms with Gasteiger partial charge in [0.05, 0.1) is 0 Å². The Labute approximate surface area is 183 Å². The number of piperidine rings is 2. The maximum Gasteiger partial charge on any atom is 0.255 e. The molecule has 3 atom stereocenters. The SMILES string of the molecule is O=C1CCC(N2Cc3cc(CNC[C@]45CCCC[C@@H]4NCCC5)ccc3C2=O)C(=O)N1. The molecule has 3 aliphatic heterocycles. The summed E-state index contributed by atoms with van der Waals surface area (Å²) in [6, 6.07) is 6.10. The lowest BCUT2D eigenvalue weighted by Crippen LogP contribution is -2.55. The third-order valence-corrected chi connectivity index (χ3v) is 7.79. The van der Waals surface area contributed by atoms with Crippen LogP contribution in [-0.2, 0) is 22.7 Å². The molecule has 2 saturated heterocycles. The highest BCUT2D eigenvalue weighted by atomic mass is 16.2. The highest BCUT2D eigenvalue weighted by Crippen LogP contribution is 2.42. The van der Waals surface area contributed by atoms with Crippen molar-refractivity contribution in [1.82, 2.24) is 20.9 Å². The maximum atomic E-state index is 12.8. The second kappa shape index (κ2) is 8.36. The molecule has 3 amide bonds. The predicted octanol–water partition coefficient (Wildman–Crippen LogP) is 1.85. The lowest BCUT2D eigenvalue weighted by molar-refractivity contribution is -0.136. The summed E-state index contributed by atoms with van der Waals surface area (Å²) in [5.41, 5.74) is 3.20. The number of nitrogens with one attached hydrogen (secondary N) is 3. The van der Waals surface area contributed by atoms with Crippen molar-refractivity contribution in [2.45, 2.75) is 76.5 Å². The van der Waals surface area contributed by atoms with Gasteiger partial charge in [0.1, 0.15) is 6.04 Å². The van der Waals surface area contributed by atoms with E-state index >= 15 is 0 Å². The summed E-state index contributed by atoms with van der Waals surface area (Å²) in [6.07, 6.45) is 8.50. The summed E-state index contributed by atoms with van der Waals surface area (Å²) in [6.45, 7) is 3.40. The zero-order valence-corrected chi connectivity index (χ0v) is 18.0. The zero-order chi connectivity index (χ0) is 21.4. The van der Waals surface area contributed by atoms with E-state index in [2.05, 4.69) is 22.0 Å². The van der Waals surface area contributed by atoms with Gasteiger partial charge in [-0.2, -0.15) is 0 Å². The van der Waals surface area contributed by atoms with Crippen LogP contribution in [0.3, 0.4) is 0 Å². The highest BCUT2D eigenvalue weighted by Gasteiger charge is 2.42. The monoisotopic (exact) mass is 424 g/mol. The number of nitrogens with zero attached hydrogens (tertiary/aromatic N) is 1. The van der Waals surface area contributed by atoms with Crippen molar-refractivity contribution in [3.63, 3.8) is 0 Å². The van der Waals surface area contributed by atoms with Crippen LogP contribution < -0.4 is 16.0 Å². The Morgan fingerprint density at radius 2 is 1.97 bits per heavy atom. The van der Waals surface area contributed by atoms with E-state index in [1.54, 1.807) is 4.90 Å². The van der Waals surface area contributed by atoms with Gasteiger partial charge in [0, 0.05) is 37.7 Å². The van der Waals surface area contributed by atoms with Crippen molar-refractivity contribution >= 4 is 17.7 Å². The fraction of sp³-hybridized carbons (Fsp3) is 0.625. The lowest BCUT2D eigenvalue weighted by Gasteiger charge is -2.48. The summed E-state index contributed by atoms with van der Waals surface area (Å²) >= 11 is 0. The number of carbonyl (C=O) groups excluding carboxylic acids is 3. The first-order valence-electron chi connectivity index (χ1n) is 11.8. The van der Waals surface area contributed by atoms with E-state index in [9.17, 15) is 14.4 Å². The largest absolute Gasteiger partial charge is 0.322 e. The number of imide groups is 1. The standard InChI is InChI=1S/C24H32N4O3/c29-21-8-7-19(22(30)27-21)28-14-17-12-16(5-6-18(17)23(28)31)13-25-15-24-9-2-1-4-20(24)26-11-3-10-24/h5-6,12,19-20,25-26H,1-4,7-11,13-15H2,(H,27,29,30)/t19?,20-,24+/m0/s1. The van der Waals surface area contributed by atoms with Crippen molar-refractivity contribution in [3.8, 4) is 0 Å². The molecule has 3 N–H and O–H groups in total. The number of rotatable bonds is 5. The Hall–Kier alpha value is -2.25. The van der Waals surface area contributed by atoms with Gasteiger partial charge in [0.25, 0.3) is 5.91 Å². The second-order valence-corrected chi connectivity index (χ2v) is 9.71. The minimum absolute atomic E-state index is 0.110. The molecule has 5 rings (SSSR count). The summed E-state index contributed by atoms with van der Waals surface area (Å²) in [7, 11) is 0. The van der Waals surface area contributed by atoms with Crippen LogP contribution in [0.2, 0.25) is 0 Å². The lowest BCUT2D eigenvalue weighted by atomic mass is 9.66. The van der Waals surface area contributed by atoms with Crippen LogP contribution in [0, 0.1) is 5.41 Å². The Morgan fingerprint density at radius 3 is 2.84 bits per heavy atom. The minimum Gasteiger partial charge on any atom is -0.322 e. The first-order chi connectivity index (χ1) is 15.1. The first kappa shape index (κ1) is 20.6. The van der Waals surface area contributed by atoms with Crippen molar-refractivity contribution in [2.75, 3.05) is 13.1 Å². The van der Waals surface area contributed by atoms with Crippen LogP contribution >= 0.6 is 0 Å². The minimum atomic E-state index is -0.555. The van der Waals surface area contributed by atoms with Gasteiger partial charge in [0.2, 0.25) is 11.8 Å². The first-order valence-corrected chi connectivity index (χ1v) is 11.8. The molecule has 0 radical (unpaired) electrons. The number of benzene rings is 1. The molecule has 1 aromatic rings. The van der Waals surface area contributed by atoms with Crippen LogP contribution in [0.4, 0.5) is 0 Å². The molecule has 7 nitrogen and oxygen atoms in total. The van der Waals surface area contributed by atoms with Crippen molar-refractivity contribution in [2.24, 2.45) is 5.41 Å². The van der Waals surface area contributed by atoms with Gasteiger partial charge in [-0.05, 0) is 61.3 Å². The molecule has 0 bridgehead atoms. The molecule has 1 saturated carbocycles. The Balaban J connectivity index is 1.22. The van der Waals surface area contributed by atoms with E-state index in [0.29, 0.717) is 30.0 Å². The highest BCUT2D eigenvalue weighted by molar-refractivity contribution is 6.05. The zero-order valence-electron chi connectivity index (χ0n) is 18.0. The molecule has 4 aliphatic rings. The van der Waals surface area contributed by atoms with Gasteiger partial charge >= 0.3 is 0 Å². The molecular formula is C24H32N4O3. The third-order valence-electron chi connectivity index (χ3n) is 7.79. The quantitative estimate of drug-likeness (QED) is 0.628. The van der Waals surface area contributed by atoms with E-state index in [1.165, 1.54) is 44.1 Å². The van der Waals surface area contributed by atoms with Crippen LogP contribution in [0.15, 0.2) is 18.2 Å².